The highest BCUT2D eigenvalue weighted by Gasteiger charge is 2.36. The van der Waals surface area contributed by atoms with E-state index in [1.165, 1.54) is 15.6 Å². The highest BCUT2D eigenvalue weighted by molar-refractivity contribution is 7.89. The predicted octanol–water partition coefficient (Wildman–Crippen LogP) is 4.09. The molecule has 0 spiro atoms. The van der Waals surface area contributed by atoms with Crippen molar-refractivity contribution in [2.24, 2.45) is 0 Å². The molecule has 0 atom stereocenters. The second-order valence-corrected chi connectivity index (χ2v) is 16.3. The summed E-state index contributed by atoms with van der Waals surface area (Å²) in [6.07, 6.45) is 3.87. The van der Waals surface area contributed by atoms with E-state index < -0.39 is 37.3 Å². The van der Waals surface area contributed by atoms with Gasteiger partial charge in [-0.25, -0.2) is 34.9 Å². The van der Waals surface area contributed by atoms with Crippen molar-refractivity contribution in [2.75, 3.05) is 37.7 Å². The zero-order chi connectivity index (χ0) is 29.3. The van der Waals surface area contributed by atoms with E-state index in [4.69, 9.17) is 4.74 Å². The van der Waals surface area contributed by atoms with Gasteiger partial charge in [-0.15, -0.1) is 0 Å². The fourth-order valence-electron chi connectivity index (χ4n) is 4.92. The normalized spacial score (nSPS) is 19.2. The van der Waals surface area contributed by atoms with Crippen LogP contribution < -0.4 is 4.74 Å². The summed E-state index contributed by atoms with van der Waals surface area (Å²) in [5.41, 5.74) is 1.93. The van der Waals surface area contributed by atoms with Gasteiger partial charge in [0.25, 0.3) is 11.1 Å². The van der Waals surface area contributed by atoms with E-state index in [9.17, 15) is 30.7 Å². The number of rotatable bonds is 11. The first kappa shape index (κ1) is 31.2. The number of hydrogen-bond acceptors (Lipinski definition) is 8. The van der Waals surface area contributed by atoms with E-state index in [0.717, 1.165) is 25.7 Å². The van der Waals surface area contributed by atoms with Crippen LogP contribution in [-0.4, -0.2) is 90.8 Å². The second-order valence-electron chi connectivity index (χ2n) is 11.3. The van der Waals surface area contributed by atoms with Crippen LogP contribution in [0.2, 0.25) is 0 Å². The lowest BCUT2D eigenvalue weighted by Crippen LogP contribution is -2.45. The van der Waals surface area contributed by atoms with E-state index in [-0.39, 0.29) is 24.9 Å². The van der Waals surface area contributed by atoms with Gasteiger partial charge >= 0.3 is 0 Å². The summed E-state index contributed by atoms with van der Waals surface area (Å²) in [6.45, 7) is 4.90. The number of ether oxygens (including phenoxy) is 1. The molecule has 40 heavy (non-hydrogen) atoms. The van der Waals surface area contributed by atoms with Crippen molar-refractivity contribution in [3.05, 3.63) is 29.8 Å². The smallest absolute Gasteiger partial charge is 0.274 e. The molecule has 0 radical (unpaired) electrons. The summed E-state index contributed by atoms with van der Waals surface area (Å²) in [6, 6.07) is 5.87. The van der Waals surface area contributed by atoms with Gasteiger partial charge in [-0.3, -0.25) is 0 Å². The third kappa shape index (κ3) is 8.41. The molecule has 3 heterocycles. The molecule has 1 fully saturated rings. The first-order valence-electron chi connectivity index (χ1n) is 13.3. The second kappa shape index (κ2) is 11.9. The molecule has 1 aromatic carbocycles. The molecule has 0 amide bonds. The molecule has 0 bridgehead atoms. The Hall–Kier alpha value is -1.71. The quantitative estimate of drug-likeness (QED) is 0.402. The fourth-order valence-corrected chi connectivity index (χ4v) is 8.87. The van der Waals surface area contributed by atoms with Crippen molar-refractivity contribution in [2.45, 2.75) is 70.5 Å². The van der Waals surface area contributed by atoms with Crippen LogP contribution in [-0.2, 0) is 20.0 Å². The molecule has 1 N–H and O–H groups in total. The zero-order valence-electron chi connectivity index (χ0n) is 23.0. The van der Waals surface area contributed by atoms with Crippen LogP contribution in [0.1, 0.15) is 58.4 Å². The lowest BCUT2D eigenvalue weighted by molar-refractivity contribution is 0.0454. The number of halogens is 2. The van der Waals surface area contributed by atoms with Crippen LogP contribution in [0.5, 0.6) is 5.19 Å². The maximum atomic E-state index is 13.2. The standard InChI is InChI=1S/C26H37F2N3O6S3/c1-25(2,32)11-4-16-39(33,34)30-12-7-19(8-13-30)20-5-6-22-23(17-20)38-24(29-22)37-21-9-14-31(15-10-21)40(35,36)18-26(3,27)28/h5-7,17,21,32H,4,8-16,18H2,1-3H3. The number of nitrogens with zero attached hydrogens (tertiary/aromatic N) is 3. The molecule has 0 aliphatic carbocycles. The topological polar surface area (TPSA) is 117 Å². The van der Waals surface area contributed by atoms with Crippen molar-refractivity contribution in [3.8, 4) is 5.19 Å². The van der Waals surface area contributed by atoms with Gasteiger partial charge in [-0.1, -0.05) is 23.5 Å². The number of alkyl halides is 2. The summed E-state index contributed by atoms with van der Waals surface area (Å²) in [5, 5.41) is 10.3. The molecular formula is C26H37F2N3O6S3. The molecule has 9 nitrogen and oxygen atoms in total. The van der Waals surface area contributed by atoms with Crippen molar-refractivity contribution in [1.29, 1.82) is 0 Å². The molecular weight excluding hydrogens is 584 g/mol. The maximum absolute atomic E-state index is 13.2. The highest BCUT2D eigenvalue weighted by Crippen LogP contribution is 2.34. The molecule has 1 saturated heterocycles. The number of benzene rings is 1. The average Bonchev–Trinajstić information content (AvgIpc) is 3.23. The van der Waals surface area contributed by atoms with Gasteiger partial charge in [0.15, 0.2) is 0 Å². The summed E-state index contributed by atoms with van der Waals surface area (Å²) in [5.74, 6) is -4.46. The van der Waals surface area contributed by atoms with Crippen LogP contribution in [0, 0.1) is 0 Å². The van der Waals surface area contributed by atoms with Crippen molar-refractivity contribution < 1.29 is 35.5 Å². The van der Waals surface area contributed by atoms with Crippen LogP contribution in [0.15, 0.2) is 24.3 Å². The largest absolute Gasteiger partial charge is 0.467 e. The molecule has 0 unspecified atom stereocenters. The lowest BCUT2D eigenvalue weighted by Gasteiger charge is -2.31. The molecule has 4 rings (SSSR count). The highest BCUT2D eigenvalue weighted by atomic mass is 32.2. The van der Waals surface area contributed by atoms with Gasteiger partial charge in [-0.2, -0.15) is 4.31 Å². The van der Waals surface area contributed by atoms with E-state index in [0.29, 0.717) is 57.3 Å². The minimum Gasteiger partial charge on any atom is -0.467 e. The van der Waals surface area contributed by atoms with Crippen molar-refractivity contribution in [1.82, 2.24) is 13.6 Å². The number of fused-ring (bicyclic) bond motifs is 1. The van der Waals surface area contributed by atoms with E-state index in [1.807, 2.05) is 24.3 Å². The molecule has 0 saturated carbocycles. The molecule has 2 aromatic rings. The first-order valence-corrected chi connectivity index (χ1v) is 17.4. The average molecular weight is 622 g/mol. The van der Waals surface area contributed by atoms with E-state index in [1.54, 1.807) is 13.8 Å². The van der Waals surface area contributed by atoms with Gasteiger partial charge in [-0.05, 0) is 69.2 Å². The Morgan fingerprint density at radius 3 is 2.38 bits per heavy atom. The zero-order valence-corrected chi connectivity index (χ0v) is 25.4. The summed E-state index contributed by atoms with van der Waals surface area (Å²) >= 11 is 1.38. The van der Waals surface area contributed by atoms with E-state index in [2.05, 4.69) is 4.98 Å². The Morgan fingerprint density at radius 1 is 1.07 bits per heavy atom. The Labute approximate surface area is 238 Å². The van der Waals surface area contributed by atoms with Crippen LogP contribution >= 0.6 is 11.3 Å². The number of aliphatic hydroxyl groups is 1. The van der Waals surface area contributed by atoms with Gasteiger partial charge in [0.05, 0.1) is 21.6 Å². The number of aromatic nitrogens is 1. The number of hydrogen-bond donors (Lipinski definition) is 1. The number of piperidine rings is 1. The first-order chi connectivity index (χ1) is 18.5. The van der Waals surface area contributed by atoms with Gasteiger partial charge in [0.2, 0.25) is 20.0 Å². The Bertz CT molecular complexity index is 1440. The van der Waals surface area contributed by atoms with Crippen LogP contribution in [0.4, 0.5) is 8.78 Å². The molecule has 2 aliphatic rings. The minimum absolute atomic E-state index is 0.0132. The summed E-state index contributed by atoms with van der Waals surface area (Å²) in [7, 11) is -7.42. The maximum Gasteiger partial charge on any atom is 0.274 e. The lowest BCUT2D eigenvalue weighted by atomic mass is 10.0. The number of thiazole rings is 1. The van der Waals surface area contributed by atoms with Crippen LogP contribution in [0.3, 0.4) is 0 Å². The molecule has 14 heteroatoms. The fraction of sp³-hybridized carbons (Fsp3) is 0.654. The van der Waals surface area contributed by atoms with Gasteiger partial charge < -0.3 is 9.84 Å². The third-order valence-corrected chi connectivity index (χ3v) is 11.8. The Kier molecular flexibility index (Phi) is 9.28. The molecule has 2 aliphatic heterocycles. The molecule has 224 valence electrons. The minimum atomic E-state index is -4.03. The number of sulfonamides is 2. The Balaban J connectivity index is 1.34. The third-order valence-electron chi connectivity index (χ3n) is 6.99. The monoisotopic (exact) mass is 621 g/mol. The van der Waals surface area contributed by atoms with Crippen molar-refractivity contribution in [3.63, 3.8) is 0 Å². The van der Waals surface area contributed by atoms with E-state index >= 15 is 0 Å². The van der Waals surface area contributed by atoms with Gasteiger partial charge in [0.1, 0.15) is 11.9 Å². The SMILES string of the molecule is CC(C)(O)CCCS(=O)(=O)N1CC=C(c2ccc3nc(OC4CCN(S(=O)(=O)CC(C)(F)F)CC4)sc3c2)CC1. The summed E-state index contributed by atoms with van der Waals surface area (Å²) in [4.78, 5) is 4.54. The van der Waals surface area contributed by atoms with Gasteiger partial charge in [0, 0.05) is 33.1 Å². The Morgan fingerprint density at radius 2 is 1.77 bits per heavy atom. The summed E-state index contributed by atoms with van der Waals surface area (Å²) < 4.78 is 85.9. The van der Waals surface area contributed by atoms with Crippen LogP contribution in [0.25, 0.3) is 15.8 Å². The van der Waals surface area contributed by atoms with Crippen molar-refractivity contribution >= 4 is 47.2 Å². The predicted molar refractivity (Wildman–Crippen MR) is 153 cm³/mol. The molecule has 1 aromatic heterocycles.